The highest BCUT2D eigenvalue weighted by atomic mass is 79.9. The average Bonchev–Trinajstić information content (AvgIpc) is 2.29. The molecule has 1 nitrogen and oxygen atoms in total. The van der Waals surface area contributed by atoms with Crippen molar-refractivity contribution in [3.63, 3.8) is 0 Å². The molecule has 3 heteroatoms. The van der Waals surface area contributed by atoms with Crippen LogP contribution in [-0.4, -0.2) is 6.29 Å². The van der Waals surface area contributed by atoms with Gasteiger partial charge in [-0.05, 0) is 35.4 Å². The second kappa shape index (κ2) is 4.81. The summed E-state index contributed by atoms with van der Waals surface area (Å²) in [6.07, 6.45) is 0.768. The third-order valence-electron chi connectivity index (χ3n) is 2.28. The van der Waals surface area contributed by atoms with Crippen molar-refractivity contribution in [3.8, 4) is 11.1 Å². The Balaban J connectivity index is 2.52. The summed E-state index contributed by atoms with van der Waals surface area (Å²) in [6.45, 7) is 0. The lowest BCUT2D eigenvalue weighted by Gasteiger charge is -2.04. The van der Waals surface area contributed by atoms with Crippen molar-refractivity contribution in [1.29, 1.82) is 0 Å². The molecule has 2 aromatic carbocycles. The zero-order chi connectivity index (χ0) is 11.5. The normalized spacial score (nSPS) is 10.1. The molecule has 0 bridgehead atoms. The maximum atomic E-state index is 10.8. The molecule has 0 radical (unpaired) electrons. The molecule has 2 rings (SSSR count). The van der Waals surface area contributed by atoms with Gasteiger partial charge in [-0.3, -0.25) is 4.79 Å². The fraction of sp³-hybridized carbons (Fsp3) is 0. The van der Waals surface area contributed by atoms with Gasteiger partial charge < -0.3 is 0 Å². The molecule has 0 spiro atoms. The summed E-state index contributed by atoms with van der Waals surface area (Å²) in [5, 5.41) is 0.480. The minimum absolute atomic E-state index is 0.480. The molecule has 16 heavy (non-hydrogen) atoms. The van der Waals surface area contributed by atoms with E-state index in [9.17, 15) is 4.79 Å². The number of hydrogen-bond donors (Lipinski definition) is 0. The maximum absolute atomic E-state index is 10.8. The van der Waals surface area contributed by atoms with E-state index >= 15 is 0 Å². The second-order valence-electron chi connectivity index (χ2n) is 3.36. The molecule has 0 atom stereocenters. The van der Waals surface area contributed by atoms with E-state index in [-0.39, 0.29) is 0 Å². The van der Waals surface area contributed by atoms with Gasteiger partial charge >= 0.3 is 0 Å². The summed E-state index contributed by atoms with van der Waals surface area (Å²) in [7, 11) is 0. The summed E-state index contributed by atoms with van der Waals surface area (Å²) in [6, 6.07) is 13.3. The van der Waals surface area contributed by atoms with E-state index in [1.807, 2.05) is 30.3 Å². The first-order chi connectivity index (χ1) is 7.70. The Morgan fingerprint density at radius 1 is 1.06 bits per heavy atom. The monoisotopic (exact) mass is 294 g/mol. The van der Waals surface area contributed by atoms with Crippen LogP contribution in [0.3, 0.4) is 0 Å². The Morgan fingerprint density at radius 2 is 1.81 bits per heavy atom. The highest BCUT2D eigenvalue weighted by Gasteiger charge is 2.03. The van der Waals surface area contributed by atoms with E-state index in [2.05, 4.69) is 15.9 Å². The first kappa shape index (κ1) is 11.4. The summed E-state index contributed by atoms with van der Waals surface area (Å²) >= 11 is 9.29. The van der Waals surface area contributed by atoms with Gasteiger partial charge in [-0.1, -0.05) is 45.7 Å². The summed E-state index contributed by atoms with van der Waals surface area (Å²) in [5.41, 5.74) is 2.54. The van der Waals surface area contributed by atoms with Crippen molar-refractivity contribution in [2.75, 3.05) is 0 Å². The molecule has 0 aromatic heterocycles. The number of halogens is 2. The van der Waals surface area contributed by atoms with Crippen LogP contribution in [0.25, 0.3) is 11.1 Å². The van der Waals surface area contributed by atoms with Crippen LogP contribution in [0, 0.1) is 0 Å². The predicted octanol–water partition coefficient (Wildman–Crippen LogP) is 4.58. The van der Waals surface area contributed by atoms with Crippen LogP contribution in [0.4, 0.5) is 0 Å². The van der Waals surface area contributed by atoms with Crippen LogP contribution in [0.15, 0.2) is 46.9 Å². The molecule has 0 saturated heterocycles. The molecule has 0 heterocycles. The molecule has 0 fully saturated rings. The third kappa shape index (κ3) is 2.34. The number of rotatable bonds is 2. The van der Waals surface area contributed by atoms with E-state index in [4.69, 9.17) is 11.6 Å². The Labute approximate surface area is 107 Å². The van der Waals surface area contributed by atoms with Gasteiger partial charge in [0.25, 0.3) is 0 Å². The number of hydrogen-bond acceptors (Lipinski definition) is 1. The quantitative estimate of drug-likeness (QED) is 0.741. The van der Waals surface area contributed by atoms with Crippen molar-refractivity contribution in [1.82, 2.24) is 0 Å². The van der Waals surface area contributed by atoms with Gasteiger partial charge in [0, 0.05) is 10.0 Å². The lowest BCUT2D eigenvalue weighted by Crippen LogP contribution is -1.84. The lowest BCUT2D eigenvalue weighted by atomic mass is 10.0. The SMILES string of the molecule is O=Cc1cc(-c2cccc(Br)c2)ccc1Cl. The predicted molar refractivity (Wildman–Crippen MR) is 70.0 cm³/mol. The van der Waals surface area contributed by atoms with Gasteiger partial charge in [0.1, 0.15) is 0 Å². The van der Waals surface area contributed by atoms with Crippen molar-refractivity contribution in [2.24, 2.45) is 0 Å². The van der Waals surface area contributed by atoms with Gasteiger partial charge in [-0.15, -0.1) is 0 Å². The van der Waals surface area contributed by atoms with Gasteiger partial charge in [0.05, 0.1) is 5.02 Å². The van der Waals surface area contributed by atoms with Crippen LogP contribution in [0.2, 0.25) is 5.02 Å². The maximum Gasteiger partial charge on any atom is 0.151 e. The topological polar surface area (TPSA) is 17.1 Å². The lowest BCUT2D eigenvalue weighted by molar-refractivity contribution is 0.112. The Hall–Kier alpha value is -1.12. The Kier molecular flexibility index (Phi) is 3.42. The van der Waals surface area contributed by atoms with Crippen LogP contribution < -0.4 is 0 Å². The van der Waals surface area contributed by atoms with E-state index in [0.717, 1.165) is 21.9 Å². The van der Waals surface area contributed by atoms with E-state index in [0.29, 0.717) is 10.6 Å². The van der Waals surface area contributed by atoms with E-state index in [1.165, 1.54) is 0 Å². The first-order valence-electron chi connectivity index (χ1n) is 4.71. The molecular weight excluding hydrogens is 287 g/mol. The van der Waals surface area contributed by atoms with Crippen molar-refractivity contribution in [3.05, 3.63) is 57.5 Å². The van der Waals surface area contributed by atoms with Crippen LogP contribution >= 0.6 is 27.5 Å². The average molecular weight is 296 g/mol. The van der Waals surface area contributed by atoms with Gasteiger partial charge in [-0.25, -0.2) is 0 Å². The number of aldehydes is 1. The van der Waals surface area contributed by atoms with Crippen molar-refractivity contribution in [2.45, 2.75) is 0 Å². The molecule has 0 aliphatic heterocycles. The number of carbonyl (C=O) groups is 1. The highest BCUT2D eigenvalue weighted by Crippen LogP contribution is 2.26. The number of benzene rings is 2. The van der Waals surface area contributed by atoms with Gasteiger partial charge in [0.15, 0.2) is 6.29 Å². The molecular formula is C13H8BrClO. The molecule has 0 unspecified atom stereocenters. The summed E-state index contributed by atoms with van der Waals surface area (Å²) in [5.74, 6) is 0. The summed E-state index contributed by atoms with van der Waals surface area (Å²) in [4.78, 5) is 10.8. The van der Waals surface area contributed by atoms with Crippen molar-refractivity contribution < 1.29 is 4.79 Å². The third-order valence-corrected chi connectivity index (χ3v) is 3.12. The van der Waals surface area contributed by atoms with E-state index < -0.39 is 0 Å². The Morgan fingerprint density at radius 3 is 2.50 bits per heavy atom. The van der Waals surface area contributed by atoms with Crippen molar-refractivity contribution >= 4 is 33.8 Å². The minimum Gasteiger partial charge on any atom is -0.298 e. The Bertz CT molecular complexity index is 537. The summed E-state index contributed by atoms with van der Waals surface area (Å²) < 4.78 is 1.01. The highest BCUT2D eigenvalue weighted by molar-refractivity contribution is 9.10. The second-order valence-corrected chi connectivity index (χ2v) is 4.69. The zero-order valence-corrected chi connectivity index (χ0v) is 10.6. The first-order valence-corrected chi connectivity index (χ1v) is 5.88. The molecule has 0 saturated carbocycles. The molecule has 0 aliphatic rings. The minimum atomic E-state index is 0.480. The fourth-order valence-electron chi connectivity index (χ4n) is 1.48. The van der Waals surface area contributed by atoms with E-state index in [1.54, 1.807) is 12.1 Å². The van der Waals surface area contributed by atoms with Crippen LogP contribution in [0.1, 0.15) is 10.4 Å². The smallest absolute Gasteiger partial charge is 0.151 e. The van der Waals surface area contributed by atoms with Crippen LogP contribution in [0.5, 0.6) is 0 Å². The zero-order valence-electron chi connectivity index (χ0n) is 8.28. The molecule has 0 amide bonds. The molecule has 2 aromatic rings. The van der Waals surface area contributed by atoms with Gasteiger partial charge in [0.2, 0.25) is 0 Å². The molecule has 80 valence electrons. The molecule has 0 N–H and O–H groups in total. The molecule has 0 aliphatic carbocycles. The number of carbonyl (C=O) groups excluding carboxylic acids is 1. The van der Waals surface area contributed by atoms with Gasteiger partial charge in [-0.2, -0.15) is 0 Å². The largest absolute Gasteiger partial charge is 0.298 e. The fourth-order valence-corrected chi connectivity index (χ4v) is 2.04. The standard InChI is InChI=1S/C13H8BrClO/c14-12-3-1-2-9(7-12)10-4-5-13(15)11(6-10)8-16/h1-8H. The van der Waals surface area contributed by atoms with Crippen LogP contribution in [-0.2, 0) is 0 Å².